The van der Waals surface area contributed by atoms with Crippen LogP contribution >= 0.6 is 23.2 Å². The van der Waals surface area contributed by atoms with Crippen LogP contribution in [0.1, 0.15) is 17.2 Å². The average Bonchev–Trinajstić information content (AvgIpc) is 2.41. The minimum absolute atomic E-state index is 0.141. The number of nitrogens with one attached hydrogen (secondary N) is 1. The third-order valence-corrected chi connectivity index (χ3v) is 3.51. The third kappa shape index (κ3) is 4.12. The lowest BCUT2D eigenvalue weighted by Gasteiger charge is -2.13. The Morgan fingerprint density at radius 1 is 1.10 bits per heavy atom. The van der Waals surface area contributed by atoms with Gasteiger partial charge in [-0.1, -0.05) is 41.4 Å². The highest BCUT2D eigenvalue weighted by Gasteiger charge is 2.08. The number of rotatable bonds is 5. The quantitative estimate of drug-likeness (QED) is 0.792. The van der Waals surface area contributed by atoms with Crippen LogP contribution in [0.2, 0.25) is 10.0 Å². The van der Waals surface area contributed by atoms with Gasteiger partial charge in [0.15, 0.2) is 0 Å². The zero-order valence-corrected chi connectivity index (χ0v) is 12.2. The van der Waals surface area contributed by atoms with E-state index in [1.807, 2.05) is 6.07 Å². The van der Waals surface area contributed by atoms with Gasteiger partial charge in [-0.2, -0.15) is 0 Å². The molecule has 0 aliphatic rings. The maximum Gasteiger partial charge on any atom is 0.115 e. The molecule has 0 aliphatic carbocycles. The molecule has 0 fully saturated rings. The molecule has 0 amide bonds. The zero-order valence-electron chi connectivity index (χ0n) is 10.7. The molecule has 0 radical (unpaired) electrons. The van der Waals surface area contributed by atoms with E-state index in [-0.39, 0.29) is 5.75 Å². The van der Waals surface area contributed by atoms with Gasteiger partial charge in [0, 0.05) is 23.1 Å². The lowest BCUT2D eigenvalue weighted by atomic mass is 10.1. The molecule has 0 saturated heterocycles. The average molecular weight is 312 g/mol. The molecule has 20 heavy (non-hydrogen) atoms. The van der Waals surface area contributed by atoms with Gasteiger partial charge in [0.2, 0.25) is 0 Å². The van der Waals surface area contributed by atoms with Crippen LogP contribution in [0, 0.1) is 0 Å². The number of phenolic OH excluding ortho intramolecular Hbond substituents is 1. The summed E-state index contributed by atoms with van der Waals surface area (Å²) in [6.45, 7) is 0.897. The van der Waals surface area contributed by atoms with Crippen LogP contribution in [0.5, 0.6) is 5.75 Å². The molecule has 0 unspecified atom stereocenters. The molecule has 3 N–H and O–H groups in total. The molecule has 2 rings (SSSR count). The maximum atomic E-state index is 10.0. The van der Waals surface area contributed by atoms with Gasteiger partial charge in [0.1, 0.15) is 5.75 Å². The molecule has 106 valence electrons. The predicted octanol–water partition coefficient (Wildman–Crippen LogP) is 3.52. The van der Waals surface area contributed by atoms with E-state index in [9.17, 15) is 10.2 Å². The van der Waals surface area contributed by atoms with Crippen molar-refractivity contribution >= 4 is 23.2 Å². The summed E-state index contributed by atoms with van der Waals surface area (Å²) in [5.41, 5.74) is 1.58. The molecule has 0 spiro atoms. The van der Waals surface area contributed by atoms with E-state index in [0.29, 0.717) is 28.7 Å². The Kier molecular flexibility index (Phi) is 5.26. The smallest absolute Gasteiger partial charge is 0.115 e. The highest BCUT2D eigenvalue weighted by Crippen LogP contribution is 2.21. The van der Waals surface area contributed by atoms with E-state index < -0.39 is 6.10 Å². The molecule has 2 aromatic rings. The molecule has 5 heteroatoms. The second kappa shape index (κ2) is 6.95. The van der Waals surface area contributed by atoms with Crippen LogP contribution in [-0.2, 0) is 6.54 Å². The highest BCUT2D eigenvalue weighted by molar-refractivity contribution is 6.35. The van der Waals surface area contributed by atoms with Crippen molar-refractivity contribution in [1.29, 1.82) is 0 Å². The van der Waals surface area contributed by atoms with E-state index in [2.05, 4.69) is 5.32 Å². The van der Waals surface area contributed by atoms with E-state index >= 15 is 0 Å². The van der Waals surface area contributed by atoms with Gasteiger partial charge in [-0.15, -0.1) is 0 Å². The van der Waals surface area contributed by atoms with Crippen molar-refractivity contribution in [3.8, 4) is 5.75 Å². The van der Waals surface area contributed by atoms with Crippen molar-refractivity contribution in [3.63, 3.8) is 0 Å². The fraction of sp³-hybridized carbons (Fsp3) is 0.200. The summed E-state index contributed by atoms with van der Waals surface area (Å²) >= 11 is 11.9. The zero-order chi connectivity index (χ0) is 14.5. The summed E-state index contributed by atoms with van der Waals surface area (Å²) in [5.74, 6) is 0.141. The van der Waals surface area contributed by atoms with Gasteiger partial charge in [-0.3, -0.25) is 0 Å². The van der Waals surface area contributed by atoms with Crippen molar-refractivity contribution in [1.82, 2.24) is 5.32 Å². The van der Waals surface area contributed by atoms with Gasteiger partial charge in [-0.05, 0) is 35.4 Å². The summed E-state index contributed by atoms with van der Waals surface area (Å²) in [5, 5.41) is 23.7. The third-order valence-electron chi connectivity index (χ3n) is 2.92. The first-order chi connectivity index (χ1) is 9.56. The first-order valence-corrected chi connectivity index (χ1v) is 6.93. The minimum atomic E-state index is -0.687. The fourth-order valence-electron chi connectivity index (χ4n) is 1.86. The predicted molar refractivity (Wildman–Crippen MR) is 81.2 cm³/mol. The topological polar surface area (TPSA) is 52.5 Å². The van der Waals surface area contributed by atoms with Crippen molar-refractivity contribution in [3.05, 3.63) is 63.6 Å². The first kappa shape index (κ1) is 15.1. The molecular weight excluding hydrogens is 297 g/mol. The molecule has 0 heterocycles. The Morgan fingerprint density at radius 2 is 1.90 bits per heavy atom. The van der Waals surface area contributed by atoms with Crippen LogP contribution in [-0.4, -0.2) is 16.8 Å². The number of hydrogen-bond donors (Lipinski definition) is 3. The number of benzene rings is 2. The van der Waals surface area contributed by atoms with Gasteiger partial charge in [0.05, 0.1) is 6.10 Å². The fourth-order valence-corrected chi connectivity index (χ4v) is 2.33. The largest absolute Gasteiger partial charge is 0.508 e. The summed E-state index contributed by atoms with van der Waals surface area (Å²) < 4.78 is 0. The molecule has 0 bridgehead atoms. The SMILES string of the molecule is Oc1cccc([C@H](O)CNCc2ccc(Cl)cc2Cl)c1. The Morgan fingerprint density at radius 3 is 2.60 bits per heavy atom. The van der Waals surface area contributed by atoms with E-state index in [4.69, 9.17) is 23.2 Å². The number of halogens is 2. The van der Waals surface area contributed by atoms with E-state index in [0.717, 1.165) is 5.56 Å². The second-order valence-electron chi connectivity index (χ2n) is 4.48. The van der Waals surface area contributed by atoms with E-state index in [1.54, 1.807) is 36.4 Å². The lowest BCUT2D eigenvalue weighted by molar-refractivity contribution is 0.174. The number of hydrogen-bond acceptors (Lipinski definition) is 3. The summed E-state index contributed by atoms with van der Waals surface area (Å²) in [7, 11) is 0. The summed E-state index contributed by atoms with van der Waals surface area (Å²) in [6.07, 6.45) is -0.687. The Bertz CT molecular complexity index is 590. The standard InChI is InChI=1S/C15H15Cl2NO2/c16-12-5-4-11(14(17)7-12)8-18-9-15(20)10-2-1-3-13(19)6-10/h1-7,15,18-20H,8-9H2/t15-/m1/s1. The van der Waals surface area contributed by atoms with Crippen molar-refractivity contribution < 1.29 is 10.2 Å². The molecular formula is C15H15Cl2NO2. The normalized spacial score (nSPS) is 12.3. The summed E-state index contributed by atoms with van der Waals surface area (Å²) in [6, 6.07) is 11.9. The second-order valence-corrected chi connectivity index (χ2v) is 5.32. The highest BCUT2D eigenvalue weighted by atomic mass is 35.5. The van der Waals surface area contributed by atoms with Crippen LogP contribution in [0.25, 0.3) is 0 Å². The Hall–Kier alpha value is -1.26. The van der Waals surface area contributed by atoms with Gasteiger partial charge in [-0.25, -0.2) is 0 Å². The van der Waals surface area contributed by atoms with Crippen LogP contribution < -0.4 is 5.32 Å². The molecule has 2 aromatic carbocycles. The molecule has 0 aromatic heterocycles. The van der Waals surface area contributed by atoms with Crippen molar-refractivity contribution in [2.24, 2.45) is 0 Å². The van der Waals surface area contributed by atoms with E-state index in [1.165, 1.54) is 0 Å². The van der Waals surface area contributed by atoms with Crippen LogP contribution in [0.15, 0.2) is 42.5 Å². The lowest BCUT2D eigenvalue weighted by Crippen LogP contribution is -2.21. The van der Waals surface area contributed by atoms with Crippen molar-refractivity contribution in [2.75, 3.05) is 6.54 Å². The number of phenols is 1. The number of aromatic hydroxyl groups is 1. The minimum Gasteiger partial charge on any atom is -0.508 e. The molecule has 1 atom stereocenters. The Labute approximate surface area is 127 Å². The first-order valence-electron chi connectivity index (χ1n) is 6.18. The van der Waals surface area contributed by atoms with Crippen LogP contribution in [0.3, 0.4) is 0 Å². The van der Waals surface area contributed by atoms with Gasteiger partial charge < -0.3 is 15.5 Å². The maximum absolute atomic E-state index is 10.0. The summed E-state index contributed by atoms with van der Waals surface area (Å²) in [4.78, 5) is 0. The van der Waals surface area contributed by atoms with Gasteiger partial charge in [0.25, 0.3) is 0 Å². The molecule has 3 nitrogen and oxygen atoms in total. The van der Waals surface area contributed by atoms with Crippen LogP contribution in [0.4, 0.5) is 0 Å². The Balaban J connectivity index is 1.89. The number of aliphatic hydroxyl groups excluding tert-OH is 1. The number of aliphatic hydroxyl groups is 1. The molecule has 0 aliphatic heterocycles. The molecule has 0 saturated carbocycles. The van der Waals surface area contributed by atoms with Gasteiger partial charge >= 0.3 is 0 Å². The van der Waals surface area contributed by atoms with Crippen molar-refractivity contribution in [2.45, 2.75) is 12.6 Å². The monoisotopic (exact) mass is 311 g/mol.